The van der Waals surface area contributed by atoms with Gasteiger partial charge in [0, 0.05) is 0 Å². The Labute approximate surface area is 218 Å². The molecule has 0 saturated heterocycles. The molecule has 3 heteroatoms. The fourth-order valence-corrected chi connectivity index (χ4v) is 4.05. The Morgan fingerprint density at radius 2 is 1.60 bits per heavy atom. The molecule has 4 atom stereocenters. The zero-order chi connectivity index (χ0) is 27.4. The van der Waals surface area contributed by atoms with E-state index in [2.05, 4.69) is 67.5 Å². The molecule has 1 aliphatic carbocycles. The highest BCUT2D eigenvalue weighted by molar-refractivity contribution is 5.65. The van der Waals surface area contributed by atoms with Crippen LogP contribution in [0.5, 0.6) is 0 Å². The van der Waals surface area contributed by atoms with Crippen molar-refractivity contribution in [2.75, 3.05) is 0 Å². The number of aliphatic hydroxyl groups is 2. The highest BCUT2D eigenvalue weighted by Crippen LogP contribution is 2.33. The van der Waals surface area contributed by atoms with E-state index >= 15 is 0 Å². The van der Waals surface area contributed by atoms with Crippen LogP contribution in [0.2, 0.25) is 0 Å². The summed E-state index contributed by atoms with van der Waals surface area (Å²) in [5.74, 6) is 1.95. The molecule has 0 aromatic heterocycles. The average Bonchev–Trinajstić information content (AvgIpc) is 2.72. The lowest BCUT2D eigenvalue weighted by Gasteiger charge is -2.33. The molecule has 0 spiro atoms. The summed E-state index contributed by atoms with van der Waals surface area (Å²) in [7, 11) is 0. The molecule has 0 aromatic rings. The SMILES string of the molecule is CC(C)=CCCC(C)=CC=O.CC1CCC(C(C)C)C(O)C1.CCC=CC(C)(O)CCC=C(C)C. The summed E-state index contributed by atoms with van der Waals surface area (Å²) in [5.41, 5.74) is 3.17. The van der Waals surface area contributed by atoms with Crippen LogP contribution in [0.4, 0.5) is 0 Å². The first-order valence-corrected chi connectivity index (χ1v) is 13.7. The van der Waals surface area contributed by atoms with Gasteiger partial charge in [-0.05, 0) is 110 Å². The number of carbonyl (C=O) groups is 1. The smallest absolute Gasteiger partial charge is 0.142 e. The minimum Gasteiger partial charge on any atom is -0.393 e. The van der Waals surface area contributed by atoms with E-state index in [0.717, 1.165) is 56.3 Å². The zero-order valence-corrected chi connectivity index (χ0v) is 24.7. The molecule has 2 N–H and O–H groups in total. The Morgan fingerprint density at radius 3 is 2.06 bits per heavy atom. The lowest BCUT2D eigenvalue weighted by molar-refractivity contribution is -0.104. The van der Waals surface area contributed by atoms with E-state index in [9.17, 15) is 15.0 Å². The Bertz CT molecular complexity index is 656. The molecule has 4 unspecified atom stereocenters. The second-order valence-electron chi connectivity index (χ2n) is 11.4. The van der Waals surface area contributed by atoms with Crippen molar-refractivity contribution in [3.05, 3.63) is 47.1 Å². The van der Waals surface area contributed by atoms with Gasteiger partial charge in [-0.1, -0.05) is 75.1 Å². The van der Waals surface area contributed by atoms with Crippen molar-refractivity contribution in [2.45, 2.75) is 132 Å². The van der Waals surface area contributed by atoms with Crippen molar-refractivity contribution in [1.82, 2.24) is 0 Å². The molecule has 0 bridgehead atoms. The van der Waals surface area contributed by atoms with Crippen molar-refractivity contribution in [2.24, 2.45) is 17.8 Å². The Morgan fingerprint density at radius 1 is 1.03 bits per heavy atom. The van der Waals surface area contributed by atoms with E-state index in [1.165, 1.54) is 24.0 Å². The monoisotopic (exact) mass is 490 g/mol. The van der Waals surface area contributed by atoms with Gasteiger partial charge in [0.15, 0.2) is 0 Å². The molecule has 0 heterocycles. The fraction of sp³-hybridized carbons (Fsp3) is 0.719. The number of hydrogen-bond donors (Lipinski definition) is 2. The van der Waals surface area contributed by atoms with Crippen LogP contribution in [0.3, 0.4) is 0 Å². The fourth-order valence-electron chi connectivity index (χ4n) is 4.05. The first-order chi connectivity index (χ1) is 16.3. The number of rotatable bonds is 10. The molecule has 1 rings (SSSR count). The van der Waals surface area contributed by atoms with Gasteiger partial charge in [0.25, 0.3) is 0 Å². The predicted molar refractivity (Wildman–Crippen MR) is 155 cm³/mol. The third kappa shape index (κ3) is 22.7. The second kappa shape index (κ2) is 20.7. The van der Waals surface area contributed by atoms with E-state index < -0.39 is 5.60 Å². The maximum atomic E-state index is 10.0. The maximum Gasteiger partial charge on any atom is 0.142 e. The molecule has 204 valence electrons. The molecule has 0 aliphatic heterocycles. The summed E-state index contributed by atoms with van der Waals surface area (Å²) in [5, 5.41) is 19.6. The van der Waals surface area contributed by atoms with Gasteiger partial charge in [-0.25, -0.2) is 0 Å². The largest absolute Gasteiger partial charge is 0.393 e. The molecule has 0 radical (unpaired) electrons. The molecule has 3 nitrogen and oxygen atoms in total. The Balaban J connectivity index is 0. The number of aliphatic hydroxyl groups excluding tert-OH is 1. The van der Waals surface area contributed by atoms with Gasteiger partial charge in [0.2, 0.25) is 0 Å². The summed E-state index contributed by atoms with van der Waals surface area (Å²) in [6.07, 6.45) is 19.0. The third-order valence-electron chi connectivity index (χ3n) is 6.35. The molecule has 35 heavy (non-hydrogen) atoms. The van der Waals surface area contributed by atoms with Crippen LogP contribution in [0.15, 0.2) is 47.1 Å². The van der Waals surface area contributed by atoms with E-state index in [1.807, 2.05) is 26.0 Å². The molecule has 1 saturated carbocycles. The van der Waals surface area contributed by atoms with Crippen molar-refractivity contribution < 1.29 is 15.0 Å². The van der Waals surface area contributed by atoms with Gasteiger partial charge >= 0.3 is 0 Å². The first-order valence-electron chi connectivity index (χ1n) is 13.7. The summed E-state index contributed by atoms with van der Waals surface area (Å²) >= 11 is 0. The van der Waals surface area contributed by atoms with Crippen molar-refractivity contribution in [1.29, 1.82) is 0 Å². The van der Waals surface area contributed by atoms with E-state index in [-0.39, 0.29) is 6.10 Å². The Hall–Kier alpha value is -1.45. The molecule has 1 aliphatic rings. The van der Waals surface area contributed by atoms with E-state index in [1.54, 1.807) is 6.08 Å². The summed E-state index contributed by atoms with van der Waals surface area (Å²) in [6, 6.07) is 0. The van der Waals surface area contributed by atoms with Crippen LogP contribution in [0.25, 0.3) is 0 Å². The van der Waals surface area contributed by atoms with Crippen LogP contribution < -0.4 is 0 Å². The molecule has 1 fully saturated rings. The molecule has 0 aromatic carbocycles. The number of carbonyl (C=O) groups excluding carboxylic acids is 1. The van der Waals surface area contributed by atoms with Gasteiger partial charge in [-0.15, -0.1) is 0 Å². The Kier molecular flexibility index (Phi) is 21.1. The van der Waals surface area contributed by atoms with Crippen molar-refractivity contribution in [3.8, 4) is 0 Å². The zero-order valence-electron chi connectivity index (χ0n) is 24.7. The van der Waals surface area contributed by atoms with Crippen LogP contribution >= 0.6 is 0 Å². The summed E-state index contributed by atoms with van der Waals surface area (Å²) < 4.78 is 0. The average molecular weight is 491 g/mol. The van der Waals surface area contributed by atoms with Gasteiger partial charge in [0.1, 0.15) is 6.29 Å². The second-order valence-corrected chi connectivity index (χ2v) is 11.4. The summed E-state index contributed by atoms with van der Waals surface area (Å²) in [6.45, 7) is 20.9. The third-order valence-corrected chi connectivity index (χ3v) is 6.35. The lowest BCUT2D eigenvalue weighted by atomic mass is 9.75. The first kappa shape index (κ1) is 35.7. The van der Waals surface area contributed by atoms with Crippen LogP contribution in [-0.4, -0.2) is 28.2 Å². The number of hydrogen-bond acceptors (Lipinski definition) is 3. The molecule has 0 amide bonds. The highest BCUT2D eigenvalue weighted by Gasteiger charge is 2.28. The van der Waals surface area contributed by atoms with Gasteiger partial charge in [-0.3, -0.25) is 4.79 Å². The normalized spacial score (nSPS) is 21.7. The predicted octanol–water partition coefficient (Wildman–Crippen LogP) is 8.77. The van der Waals surface area contributed by atoms with Crippen molar-refractivity contribution >= 4 is 6.29 Å². The summed E-state index contributed by atoms with van der Waals surface area (Å²) in [4.78, 5) is 10.0. The van der Waals surface area contributed by atoms with Gasteiger partial charge < -0.3 is 10.2 Å². The van der Waals surface area contributed by atoms with Gasteiger partial charge in [0.05, 0.1) is 11.7 Å². The highest BCUT2D eigenvalue weighted by atomic mass is 16.3. The molecular weight excluding hydrogens is 432 g/mol. The van der Waals surface area contributed by atoms with Crippen molar-refractivity contribution in [3.63, 3.8) is 0 Å². The molecular formula is C32H58O3. The maximum absolute atomic E-state index is 10.0. The van der Waals surface area contributed by atoms with Crippen LogP contribution in [0.1, 0.15) is 121 Å². The van der Waals surface area contributed by atoms with E-state index in [4.69, 9.17) is 0 Å². The minimum atomic E-state index is -0.637. The quantitative estimate of drug-likeness (QED) is 0.183. The minimum absolute atomic E-state index is 0.0289. The van der Waals surface area contributed by atoms with Crippen LogP contribution in [-0.2, 0) is 4.79 Å². The number of allylic oxidation sites excluding steroid dienone is 7. The van der Waals surface area contributed by atoms with Gasteiger partial charge in [-0.2, -0.15) is 0 Å². The topological polar surface area (TPSA) is 57.5 Å². The van der Waals surface area contributed by atoms with E-state index in [0.29, 0.717) is 11.8 Å². The standard InChI is InChI=1S/C12H22O.C10H20O.C10H16O/c1-5-6-9-12(4,13)10-7-8-11(2)3;1-7(2)9-5-4-8(3)6-10(9)11;1-9(2)5-4-6-10(3)7-8-11/h6,8-9,13H,5,7,10H2,1-4H3;7-11H,4-6H2,1-3H3;5,7-8H,4,6H2,1-3H3. The van der Waals surface area contributed by atoms with Crippen LogP contribution in [0, 0.1) is 17.8 Å². The number of aldehydes is 1. The lowest BCUT2D eigenvalue weighted by Crippen LogP contribution is -2.31.